The van der Waals surface area contributed by atoms with Gasteiger partial charge in [-0.05, 0) is 13.0 Å². The molecule has 0 radical (unpaired) electrons. The Labute approximate surface area is 134 Å². The van der Waals surface area contributed by atoms with Crippen LogP contribution in [0.4, 0.5) is 5.82 Å². The van der Waals surface area contributed by atoms with Crippen molar-refractivity contribution in [3.63, 3.8) is 0 Å². The highest BCUT2D eigenvalue weighted by atomic mass is 35.5. The number of aromatic nitrogens is 2. The summed E-state index contributed by atoms with van der Waals surface area (Å²) in [6, 6.07) is 9.86. The molecule has 1 aromatic carbocycles. The highest BCUT2D eigenvalue weighted by Crippen LogP contribution is 2.31. The molecule has 0 bridgehead atoms. The van der Waals surface area contributed by atoms with Crippen LogP contribution in [0, 0.1) is 11.3 Å². The second kappa shape index (κ2) is 6.30. The van der Waals surface area contributed by atoms with Crippen LogP contribution in [0.3, 0.4) is 0 Å². The average Bonchev–Trinajstić information content (AvgIpc) is 2.56. The molecule has 2 aromatic rings. The first-order chi connectivity index (χ1) is 10.7. The van der Waals surface area contributed by atoms with Gasteiger partial charge >= 0.3 is 0 Å². The molecule has 1 aliphatic heterocycles. The lowest BCUT2D eigenvalue weighted by atomic mass is 10.1. The van der Waals surface area contributed by atoms with Crippen molar-refractivity contribution in [2.75, 3.05) is 18.1 Å². The fourth-order valence-electron chi connectivity index (χ4n) is 2.53. The smallest absolute Gasteiger partial charge is 0.158 e. The van der Waals surface area contributed by atoms with Crippen LogP contribution in [-0.4, -0.2) is 29.2 Å². The van der Waals surface area contributed by atoms with Crippen molar-refractivity contribution in [3.8, 4) is 6.07 Å². The van der Waals surface area contributed by atoms with Gasteiger partial charge in [0.15, 0.2) is 5.69 Å². The van der Waals surface area contributed by atoms with Crippen LogP contribution in [0.2, 0.25) is 5.02 Å². The van der Waals surface area contributed by atoms with Crippen molar-refractivity contribution in [3.05, 3.63) is 52.9 Å². The summed E-state index contributed by atoms with van der Waals surface area (Å²) >= 11 is 6.26. The largest absolute Gasteiger partial charge is 0.369 e. The first-order valence-corrected chi connectivity index (χ1v) is 7.41. The number of nitrogens with zero attached hydrogens (tertiary/aromatic N) is 4. The lowest BCUT2D eigenvalue weighted by molar-refractivity contribution is 0.0213. The molecule has 2 heterocycles. The lowest BCUT2D eigenvalue weighted by Crippen LogP contribution is -2.45. The minimum atomic E-state index is -0.109. The fraction of sp³-hybridized carbons (Fsp3) is 0.312. The number of anilines is 1. The molecule has 0 N–H and O–H groups in total. The van der Waals surface area contributed by atoms with Crippen LogP contribution in [-0.2, 0) is 4.74 Å². The van der Waals surface area contributed by atoms with Crippen LogP contribution in [0.15, 0.2) is 36.7 Å². The fourth-order valence-corrected chi connectivity index (χ4v) is 2.79. The zero-order valence-corrected chi connectivity index (χ0v) is 12.9. The number of benzene rings is 1. The van der Waals surface area contributed by atoms with Crippen molar-refractivity contribution in [2.45, 2.75) is 19.1 Å². The summed E-state index contributed by atoms with van der Waals surface area (Å²) in [6.45, 7) is 3.30. The number of morpholine rings is 1. The Morgan fingerprint density at radius 3 is 2.82 bits per heavy atom. The maximum atomic E-state index is 8.81. The van der Waals surface area contributed by atoms with E-state index in [4.69, 9.17) is 21.6 Å². The molecular formula is C16H15ClN4O. The topological polar surface area (TPSA) is 62.0 Å². The SMILES string of the molecule is C[C@@H]1CO[C@@H](c2ccccc2Cl)CN1c1cnc(C#N)cn1. The summed E-state index contributed by atoms with van der Waals surface area (Å²) in [6.07, 6.45) is 3.01. The highest BCUT2D eigenvalue weighted by molar-refractivity contribution is 6.31. The zero-order chi connectivity index (χ0) is 15.5. The van der Waals surface area contributed by atoms with Gasteiger partial charge in [0.25, 0.3) is 0 Å². The third kappa shape index (κ3) is 2.89. The molecule has 22 heavy (non-hydrogen) atoms. The van der Waals surface area contributed by atoms with Gasteiger partial charge in [-0.3, -0.25) is 0 Å². The quantitative estimate of drug-likeness (QED) is 0.852. The normalized spacial score (nSPS) is 21.4. The summed E-state index contributed by atoms with van der Waals surface area (Å²) in [7, 11) is 0. The van der Waals surface area contributed by atoms with Crippen molar-refractivity contribution < 1.29 is 4.74 Å². The molecule has 3 rings (SSSR count). The average molecular weight is 315 g/mol. The number of nitriles is 1. The number of hydrogen-bond donors (Lipinski definition) is 0. The highest BCUT2D eigenvalue weighted by Gasteiger charge is 2.29. The van der Waals surface area contributed by atoms with E-state index in [1.165, 1.54) is 6.20 Å². The van der Waals surface area contributed by atoms with E-state index in [-0.39, 0.29) is 12.1 Å². The Morgan fingerprint density at radius 1 is 1.32 bits per heavy atom. The summed E-state index contributed by atoms with van der Waals surface area (Å²) in [4.78, 5) is 10.5. The van der Waals surface area contributed by atoms with Gasteiger partial charge in [0.1, 0.15) is 18.0 Å². The van der Waals surface area contributed by atoms with Crippen LogP contribution in [0.1, 0.15) is 24.3 Å². The Hall–Kier alpha value is -2.16. The molecule has 1 aromatic heterocycles. The lowest BCUT2D eigenvalue weighted by Gasteiger charge is -2.39. The zero-order valence-electron chi connectivity index (χ0n) is 12.1. The maximum Gasteiger partial charge on any atom is 0.158 e. The third-order valence-corrected chi connectivity index (χ3v) is 4.08. The van der Waals surface area contributed by atoms with Gasteiger partial charge in [0.2, 0.25) is 0 Å². The van der Waals surface area contributed by atoms with Crippen LogP contribution in [0.25, 0.3) is 0 Å². The standard InChI is InChI=1S/C16H15ClN4O/c1-11-10-22-15(13-4-2-3-5-14(13)17)9-21(11)16-8-19-12(6-18)7-20-16/h2-5,7-8,11,15H,9-10H2,1H3/t11-,15-/m1/s1. The second-order valence-corrected chi connectivity index (χ2v) is 5.62. The van der Waals surface area contributed by atoms with Crippen molar-refractivity contribution in [1.29, 1.82) is 5.26 Å². The Balaban J connectivity index is 1.85. The predicted molar refractivity (Wildman–Crippen MR) is 83.7 cm³/mol. The predicted octanol–water partition coefficient (Wildman–Crippen LogP) is 2.97. The minimum absolute atomic E-state index is 0.109. The van der Waals surface area contributed by atoms with Gasteiger partial charge in [-0.25, -0.2) is 9.97 Å². The molecule has 1 saturated heterocycles. The molecule has 112 valence electrons. The van der Waals surface area contributed by atoms with Crippen molar-refractivity contribution >= 4 is 17.4 Å². The monoisotopic (exact) mass is 314 g/mol. The van der Waals surface area contributed by atoms with Gasteiger partial charge in [-0.1, -0.05) is 29.8 Å². The number of rotatable bonds is 2. The Bertz CT molecular complexity index is 698. The van der Waals surface area contributed by atoms with Crippen LogP contribution in [0.5, 0.6) is 0 Å². The molecule has 1 aliphatic rings. The van der Waals surface area contributed by atoms with Gasteiger partial charge in [0.05, 0.1) is 31.6 Å². The Kier molecular flexibility index (Phi) is 4.23. The van der Waals surface area contributed by atoms with Crippen LogP contribution < -0.4 is 4.90 Å². The molecule has 6 heteroatoms. The van der Waals surface area contributed by atoms with Gasteiger partial charge < -0.3 is 9.64 Å². The summed E-state index contributed by atoms with van der Waals surface area (Å²) < 4.78 is 5.93. The molecule has 5 nitrogen and oxygen atoms in total. The minimum Gasteiger partial charge on any atom is -0.369 e. The van der Waals surface area contributed by atoms with E-state index in [0.29, 0.717) is 23.9 Å². The summed E-state index contributed by atoms with van der Waals surface area (Å²) in [5, 5.41) is 9.51. The van der Waals surface area contributed by atoms with E-state index >= 15 is 0 Å². The molecule has 0 aliphatic carbocycles. The molecular weight excluding hydrogens is 300 g/mol. The molecule has 0 spiro atoms. The van der Waals surface area contributed by atoms with E-state index in [0.717, 1.165) is 11.4 Å². The molecule has 0 saturated carbocycles. The van der Waals surface area contributed by atoms with E-state index in [1.54, 1.807) is 6.20 Å². The van der Waals surface area contributed by atoms with Gasteiger partial charge in [0, 0.05) is 10.6 Å². The summed E-state index contributed by atoms with van der Waals surface area (Å²) in [5.74, 6) is 0.742. The van der Waals surface area contributed by atoms with Gasteiger partial charge in [-0.2, -0.15) is 5.26 Å². The maximum absolute atomic E-state index is 8.81. The van der Waals surface area contributed by atoms with E-state index < -0.39 is 0 Å². The number of ether oxygens (including phenoxy) is 1. The molecule has 0 unspecified atom stereocenters. The number of halogens is 1. The third-order valence-electron chi connectivity index (χ3n) is 3.73. The van der Waals surface area contributed by atoms with Gasteiger partial charge in [-0.15, -0.1) is 0 Å². The second-order valence-electron chi connectivity index (χ2n) is 5.22. The Morgan fingerprint density at radius 2 is 2.14 bits per heavy atom. The molecule has 1 fully saturated rings. The van der Waals surface area contributed by atoms with Crippen molar-refractivity contribution in [2.24, 2.45) is 0 Å². The molecule has 0 amide bonds. The first kappa shape index (κ1) is 14.8. The first-order valence-electron chi connectivity index (χ1n) is 7.04. The molecule has 2 atom stereocenters. The van der Waals surface area contributed by atoms with Crippen molar-refractivity contribution in [1.82, 2.24) is 9.97 Å². The van der Waals surface area contributed by atoms with Crippen LogP contribution >= 0.6 is 11.6 Å². The van der Waals surface area contributed by atoms with E-state index in [1.807, 2.05) is 30.3 Å². The van der Waals surface area contributed by atoms with E-state index in [2.05, 4.69) is 21.8 Å². The van der Waals surface area contributed by atoms with E-state index in [9.17, 15) is 0 Å². The number of hydrogen-bond acceptors (Lipinski definition) is 5. The summed E-state index contributed by atoms with van der Waals surface area (Å²) in [5.41, 5.74) is 1.29.